The van der Waals surface area contributed by atoms with E-state index in [1.165, 1.54) is 5.56 Å². The van der Waals surface area contributed by atoms with Crippen molar-refractivity contribution in [3.8, 4) is 5.75 Å². The second kappa shape index (κ2) is 11.8. The molecule has 1 fully saturated rings. The minimum Gasteiger partial charge on any atom is -0.497 e. The SMILES string of the molecule is COc1ccc(CCNC(=O)[C@H]2CN(C)C[C@@H]2c2cccc(CNC(=O)CN(C)C)c2)cc1. The van der Waals surface area contributed by atoms with E-state index in [1.54, 1.807) is 7.11 Å². The van der Waals surface area contributed by atoms with Gasteiger partial charge in [-0.15, -0.1) is 0 Å². The number of hydrogen-bond acceptors (Lipinski definition) is 5. The van der Waals surface area contributed by atoms with Crippen LogP contribution in [0.3, 0.4) is 0 Å². The van der Waals surface area contributed by atoms with Gasteiger partial charge in [0.2, 0.25) is 11.8 Å². The first-order valence-electron chi connectivity index (χ1n) is 11.4. The van der Waals surface area contributed by atoms with Crippen molar-refractivity contribution in [2.45, 2.75) is 18.9 Å². The third-order valence-electron chi connectivity index (χ3n) is 6.04. The average Bonchev–Trinajstić information content (AvgIpc) is 3.20. The highest BCUT2D eigenvalue weighted by Crippen LogP contribution is 2.32. The molecule has 0 spiro atoms. The molecule has 0 radical (unpaired) electrons. The summed E-state index contributed by atoms with van der Waals surface area (Å²) in [6.45, 7) is 3.04. The predicted octanol–water partition coefficient (Wildman–Crippen LogP) is 1.88. The summed E-state index contributed by atoms with van der Waals surface area (Å²) in [6.07, 6.45) is 0.783. The zero-order chi connectivity index (χ0) is 23.8. The zero-order valence-corrected chi connectivity index (χ0v) is 20.1. The number of ether oxygens (including phenoxy) is 1. The Morgan fingerprint density at radius 2 is 1.82 bits per heavy atom. The lowest BCUT2D eigenvalue weighted by Crippen LogP contribution is -2.35. The van der Waals surface area contributed by atoms with E-state index in [0.29, 0.717) is 19.6 Å². The van der Waals surface area contributed by atoms with Gasteiger partial charge in [-0.05, 0) is 56.4 Å². The monoisotopic (exact) mass is 452 g/mol. The Morgan fingerprint density at radius 1 is 1.06 bits per heavy atom. The highest BCUT2D eigenvalue weighted by atomic mass is 16.5. The van der Waals surface area contributed by atoms with Gasteiger partial charge in [-0.3, -0.25) is 9.59 Å². The van der Waals surface area contributed by atoms with E-state index in [1.807, 2.05) is 55.4 Å². The molecule has 1 aliphatic heterocycles. The number of nitrogens with zero attached hydrogens (tertiary/aromatic N) is 2. The third kappa shape index (κ3) is 7.30. The van der Waals surface area contributed by atoms with Crippen molar-refractivity contribution >= 4 is 11.8 Å². The van der Waals surface area contributed by atoms with E-state index in [9.17, 15) is 9.59 Å². The van der Waals surface area contributed by atoms with Crippen molar-refractivity contribution in [2.75, 3.05) is 54.4 Å². The van der Waals surface area contributed by atoms with Crippen LogP contribution in [0.4, 0.5) is 0 Å². The van der Waals surface area contributed by atoms with Crippen LogP contribution in [-0.2, 0) is 22.6 Å². The Labute approximate surface area is 197 Å². The third-order valence-corrected chi connectivity index (χ3v) is 6.04. The van der Waals surface area contributed by atoms with E-state index < -0.39 is 0 Å². The molecule has 2 N–H and O–H groups in total. The maximum atomic E-state index is 13.0. The molecule has 2 aromatic carbocycles. The molecule has 1 heterocycles. The molecule has 2 aromatic rings. The number of carbonyl (C=O) groups excluding carboxylic acids is 2. The number of hydrogen-bond donors (Lipinski definition) is 2. The van der Waals surface area contributed by atoms with Crippen molar-refractivity contribution in [3.05, 3.63) is 65.2 Å². The number of carbonyl (C=O) groups is 2. The minimum absolute atomic E-state index is 0.000108. The fourth-order valence-electron chi connectivity index (χ4n) is 4.33. The lowest BCUT2D eigenvalue weighted by molar-refractivity contribution is -0.125. The van der Waals surface area contributed by atoms with Crippen LogP contribution in [0.25, 0.3) is 0 Å². The van der Waals surface area contributed by atoms with Crippen LogP contribution in [-0.4, -0.2) is 76.0 Å². The molecule has 178 valence electrons. The number of likely N-dealkylation sites (tertiary alicyclic amines) is 1. The number of amides is 2. The normalized spacial score (nSPS) is 18.3. The van der Waals surface area contributed by atoms with Crippen molar-refractivity contribution in [2.24, 2.45) is 5.92 Å². The fraction of sp³-hybridized carbons (Fsp3) is 0.462. The van der Waals surface area contributed by atoms with Crippen LogP contribution in [0.5, 0.6) is 5.75 Å². The first-order valence-corrected chi connectivity index (χ1v) is 11.4. The van der Waals surface area contributed by atoms with Gasteiger partial charge in [0.1, 0.15) is 5.75 Å². The first-order chi connectivity index (χ1) is 15.9. The van der Waals surface area contributed by atoms with Gasteiger partial charge in [0.15, 0.2) is 0 Å². The van der Waals surface area contributed by atoms with Crippen molar-refractivity contribution in [1.82, 2.24) is 20.4 Å². The number of nitrogens with one attached hydrogen (secondary N) is 2. The number of rotatable bonds is 10. The molecule has 2 atom stereocenters. The molecular formula is C26H36N4O3. The molecule has 2 amide bonds. The lowest BCUT2D eigenvalue weighted by atomic mass is 9.87. The van der Waals surface area contributed by atoms with Crippen LogP contribution >= 0.6 is 0 Å². The Bertz CT molecular complexity index is 929. The van der Waals surface area contributed by atoms with Crippen molar-refractivity contribution < 1.29 is 14.3 Å². The van der Waals surface area contributed by atoms with Crippen LogP contribution in [0, 0.1) is 5.92 Å². The van der Waals surface area contributed by atoms with E-state index in [0.717, 1.165) is 36.4 Å². The van der Waals surface area contributed by atoms with Gasteiger partial charge in [-0.2, -0.15) is 0 Å². The molecule has 0 saturated carbocycles. The Kier molecular flexibility index (Phi) is 8.86. The molecule has 0 unspecified atom stereocenters. The van der Waals surface area contributed by atoms with E-state index in [2.05, 4.69) is 34.7 Å². The molecule has 1 saturated heterocycles. The smallest absolute Gasteiger partial charge is 0.234 e. The summed E-state index contributed by atoms with van der Waals surface area (Å²) in [4.78, 5) is 29.1. The summed E-state index contributed by atoms with van der Waals surface area (Å²) in [6, 6.07) is 16.2. The van der Waals surface area contributed by atoms with E-state index in [-0.39, 0.29) is 23.7 Å². The molecule has 7 heteroatoms. The van der Waals surface area contributed by atoms with Gasteiger partial charge >= 0.3 is 0 Å². The second-order valence-corrected chi connectivity index (χ2v) is 9.08. The molecular weight excluding hydrogens is 416 g/mol. The molecule has 1 aliphatic rings. The van der Waals surface area contributed by atoms with Gasteiger partial charge in [0, 0.05) is 32.1 Å². The highest BCUT2D eigenvalue weighted by Gasteiger charge is 2.36. The fourth-order valence-corrected chi connectivity index (χ4v) is 4.33. The van der Waals surface area contributed by atoms with E-state index >= 15 is 0 Å². The lowest BCUT2D eigenvalue weighted by Gasteiger charge is -2.19. The van der Waals surface area contributed by atoms with Crippen molar-refractivity contribution in [3.63, 3.8) is 0 Å². The van der Waals surface area contributed by atoms with Crippen LogP contribution in [0.15, 0.2) is 48.5 Å². The molecule has 0 bridgehead atoms. The number of methoxy groups -OCH3 is 1. The van der Waals surface area contributed by atoms with Gasteiger partial charge in [-0.25, -0.2) is 0 Å². The molecule has 33 heavy (non-hydrogen) atoms. The van der Waals surface area contributed by atoms with Crippen LogP contribution in [0.1, 0.15) is 22.6 Å². The zero-order valence-electron chi connectivity index (χ0n) is 20.1. The Balaban J connectivity index is 1.57. The quantitative estimate of drug-likeness (QED) is 0.576. The van der Waals surface area contributed by atoms with Gasteiger partial charge in [0.05, 0.1) is 19.6 Å². The summed E-state index contributed by atoms with van der Waals surface area (Å²) in [5, 5.41) is 6.10. The highest BCUT2D eigenvalue weighted by molar-refractivity contribution is 5.80. The van der Waals surface area contributed by atoms with Crippen LogP contribution in [0.2, 0.25) is 0 Å². The van der Waals surface area contributed by atoms with Crippen molar-refractivity contribution in [1.29, 1.82) is 0 Å². The van der Waals surface area contributed by atoms with Gasteiger partial charge in [-0.1, -0.05) is 36.4 Å². The summed E-state index contributed by atoms with van der Waals surface area (Å²) in [5.41, 5.74) is 3.36. The first kappa shape index (κ1) is 24.7. The van der Waals surface area contributed by atoms with E-state index in [4.69, 9.17) is 4.74 Å². The van der Waals surface area contributed by atoms with Gasteiger partial charge < -0.3 is 25.2 Å². The topological polar surface area (TPSA) is 73.9 Å². The number of benzene rings is 2. The summed E-state index contributed by atoms with van der Waals surface area (Å²) in [5.74, 6) is 0.972. The van der Waals surface area contributed by atoms with Crippen LogP contribution < -0.4 is 15.4 Å². The summed E-state index contributed by atoms with van der Waals surface area (Å²) >= 11 is 0. The largest absolute Gasteiger partial charge is 0.497 e. The maximum absolute atomic E-state index is 13.0. The predicted molar refractivity (Wildman–Crippen MR) is 130 cm³/mol. The molecule has 7 nitrogen and oxygen atoms in total. The standard InChI is InChI=1S/C26H36N4O3/c1-29(2)18-25(31)28-15-20-6-5-7-21(14-20)23-16-30(3)17-24(23)26(32)27-13-12-19-8-10-22(33-4)11-9-19/h5-11,14,23-24H,12-13,15-18H2,1-4H3,(H,27,32)(H,28,31)/t23-,24+/m1/s1. The second-order valence-electron chi connectivity index (χ2n) is 9.08. The molecule has 3 rings (SSSR count). The van der Waals surface area contributed by atoms with Gasteiger partial charge in [0.25, 0.3) is 0 Å². The summed E-state index contributed by atoms with van der Waals surface area (Å²) < 4.78 is 5.20. The minimum atomic E-state index is -0.0931. The number of likely N-dealkylation sites (N-methyl/N-ethyl adjacent to an activating group) is 2. The average molecular weight is 453 g/mol. The molecule has 0 aromatic heterocycles. The Morgan fingerprint density at radius 3 is 2.52 bits per heavy atom. The summed E-state index contributed by atoms with van der Waals surface area (Å²) in [7, 11) is 7.46. The molecule has 0 aliphatic carbocycles. The Hall–Kier alpha value is -2.90. The maximum Gasteiger partial charge on any atom is 0.234 e.